The lowest BCUT2D eigenvalue weighted by Crippen LogP contribution is -2.06. The summed E-state index contributed by atoms with van der Waals surface area (Å²) in [5.74, 6) is 0.232. The monoisotopic (exact) mass is 407 g/mol. The van der Waals surface area contributed by atoms with Crippen molar-refractivity contribution in [3.8, 4) is 22.4 Å². The van der Waals surface area contributed by atoms with Crippen molar-refractivity contribution < 1.29 is 9.59 Å². The summed E-state index contributed by atoms with van der Waals surface area (Å²) in [6.07, 6.45) is 1.48. The molecule has 0 amide bonds. The van der Waals surface area contributed by atoms with Crippen molar-refractivity contribution in [1.82, 2.24) is 4.98 Å². The number of aromatic nitrogens is 1. The van der Waals surface area contributed by atoms with Crippen LogP contribution in [-0.2, 0) is 16.0 Å². The molecule has 0 aliphatic carbocycles. The molecule has 0 aliphatic heterocycles. The highest BCUT2D eigenvalue weighted by atomic mass is 16.1. The van der Waals surface area contributed by atoms with Crippen LogP contribution in [0.5, 0.6) is 0 Å². The highest BCUT2D eigenvalue weighted by Crippen LogP contribution is 2.33. The average Bonchev–Trinajstić information content (AvgIpc) is 2.82. The molecule has 31 heavy (non-hydrogen) atoms. The summed E-state index contributed by atoms with van der Waals surface area (Å²) in [5.41, 5.74) is 6.04. The van der Waals surface area contributed by atoms with Gasteiger partial charge in [0.15, 0.2) is 0 Å². The topological polar surface area (TPSA) is 47.0 Å². The summed E-state index contributed by atoms with van der Waals surface area (Å²) in [6, 6.07) is 28.6. The predicted molar refractivity (Wildman–Crippen MR) is 126 cm³/mol. The number of ketones is 2. The first-order valence-electron chi connectivity index (χ1n) is 10.7. The van der Waals surface area contributed by atoms with Gasteiger partial charge in [-0.15, -0.1) is 0 Å². The molecule has 0 aliphatic rings. The molecule has 0 atom stereocenters. The fourth-order valence-corrected chi connectivity index (χ4v) is 3.76. The molecule has 0 saturated heterocycles. The Kier molecular flexibility index (Phi) is 6.32. The standard InChI is InChI=1S/C28H25NO2/c1-2-24(30)14-15-25(31)18-20-13-16-27-23(17-20)19-26(21-9-5-3-6-10-21)28(29-27)22-11-7-4-8-12-22/h3-13,16-17,19H,2,14-15,18H2,1H3. The molecule has 3 heteroatoms. The molecule has 0 unspecified atom stereocenters. The van der Waals surface area contributed by atoms with Gasteiger partial charge in [-0.25, -0.2) is 4.98 Å². The average molecular weight is 408 g/mol. The Morgan fingerprint density at radius 3 is 2.06 bits per heavy atom. The van der Waals surface area contributed by atoms with Gasteiger partial charge in [0.25, 0.3) is 0 Å². The van der Waals surface area contributed by atoms with Crippen molar-refractivity contribution in [2.24, 2.45) is 0 Å². The highest BCUT2D eigenvalue weighted by Gasteiger charge is 2.13. The first kappa shape index (κ1) is 20.7. The summed E-state index contributed by atoms with van der Waals surface area (Å²) in [6.45, 7) is 1.83. The van der Waals surface area contributed by atoms with Crippen LogP contribution >= 0.6 is 0 Å². The maximum absolute atomic E-state index is 12.3. The molecule has 0 N–H and O–H groups in total. The van der Waals surface area contributed by atoms with E-state index in [1.807, 2.05) is 61.5 Å². The van der Waals surface area contributed by atoms with Crippen molar-refractivity contribution in [2.75, 3.05) is 0 Å². The number of rotatable bonds is 8. The maximum Gasteiger partial charge on any atom is 0.137 e. The van der Waals surface area contributed by atoms with Crippen molar-refractivity contribution in [2.45, 2.75) is 32.6 Å². The van der Waals surface area contributed by atoms with Crippen LogP contribution in [0.1, 0.15) is 31.7 Å². The molecular formula is C28H25NO2. The van der Waals surface area contributed by atoms with E-state index >= 15 is 0 Å². The Morgan fingerprint density at radius 1 is 0.742 bits per heavy atom. The van der Waals surface area contributed by atoms with E-state index in [2.05, 4.69) is 30.3 Å². The number of fused-ring (bicyclic) bond motifs is 1. The third kappa shape index (κ3) is 4.95. The molecule has 3 nitrogen and oxygen atoms in total. The van der Waals surface area contributed by atoms with Crippen LogP contribution in [0.3, 0.4) is 0 Å². The second-order valence-electron chi connectivity index (χ2n) is 7.75. The number of hydrogen-bond acceptors (Lipinski definition) is 3. The van der Waals surface area contributed by atoms with E-state index < -0.39 is 0 Å². The molecule has 0 bridgehead atoms. The minimum Gasteiger partial charge on any atom is -0.300 e. The normalized spacial score (nSPS) is 10.9. The summed E-state index contributed by atoms with van der Waals surface area (Å²) < 4.78 is 0. The highest BCUT2D eigenvalue weighted by molar-refractivity contribution is 5.93. The van der Waals surface area contributed by atoms with Gasteiger partial charge in [0.1, 0.15) is 11.6 Å². The molecule has 1 aromatic heterocycles. The van der Waals surface area contributed by atoms with Gasteiger partial charge in [-0.1, -0.05) is 73.7 Å². The number of pyridine rings is 1. The minimum atomic E-state index is 0.0956. The van der Waals surface area contributed by atoms with E-state index in [4.69, 9.17) is 4.98 Å². The number of carbonyl (C=O) groups excluding carboxylic acids is 2. The van der Waals surface area contributed by atoms with Crippen molar-refractivity contribution in [1.29, 1.82) is 0 Å². The van der Waals surface area contributed by atoms with Gasteiger partial charge >= 0.3 is 0 Å². The molecular weight excluding hydrogens is 382 g/mol. The number of hydrogen-bond donors (Lipinski definition) is 0. The molecule has 0 spiro atoms. The molecule has 4 aromatic rings. The molecule has 154 valence electrons. The van der Waals surface area contributed by atoms with E-state index in [0.29, 0.717) is 25.7 Å². The molecule has 1 heterocycles. The summed E-state index contributed by atoms with van der Waals surface area (Å²) >= 11 is 0. The van der Waals surface area contributed by atoms with E-state index in [-0.39, 0.29) is 11.6 Å². The fourth-order valence-electron chi connectivity index (χ4n) is 3.76. The van der Waals surface area contributed by atoms with Crippen molar-refractivity contribution in [3.05, 3.63) is 90.5 Å². The van der Waals surface area contributed by atoms with Crippen LogP contribution in [0, 0.1) is 0 Å². The lowest BCUT2D eigenvalue weighted by molar-refractivity contribution is -0.123. The van der Waals surface area contributed by atoms with E-state index in [1.54, 1.807) is 0 Å². The summed E-state index contributed by atoms with van der Waals surface area (Å²) in [7, 11) is 0. The van der Waals surface area contributed by atoms with E-state index in [0.717, 1.165) is 38.9 Å². The van der Waals surface area contributed by atoms with Crippen LogP contribution in [0.15, 0.2) is 84.9 Å². The second kappa shape index (κ2) is 9.48. The van der Waals surface area contributed by atoms with Crippen molar-refractivity contribution in [3.63, 3.8) is 0 Å². The Labute approximate surface area is 182 Å². The van der Waals surface area contributed by atoms with Crippen LogP contribution in [-0.4, -0.2) is 16.6 Å². The summed E-state index contributed by atoms with van der Waals surface area (Å²) in [5, 5.41) is 1.01. The zero-order valence-electron chi connectivity index (χ0n) is 17.7. The lowest BCUT2D eigenvalue weighted by atomic mass is 9.96. The smallest absolute Gasteiger partial charge is 0.137 e. The quantitative estimate of drug-likeness (QED) is 0.338. The first-order chi connectivity index (χ1) is 15.1. The lowest BCUT2D eigenvalue weighted by Gasteiger charge is -2.12. The minimum absolute atomic E-state index is 0.0956. The predicted octanol–water partition coefficient (Wildman–Crippen LogP) is 6.44. The third-order valence-corrected chi connectivity index (χ3v) is 5.49. The Bertz CT molecular complexity index is 1210. The number of benzene rings is 3. The Hall–Kier alpha value is -3.59. The SMILES string of the molecule is CCC(=O)CCC(=O)Cc1ccc2nc(-c3ccccc3)c(-c3ccccc3)cc2c1. The third-order valence-electron chi connectivity index (χ3n) is 5.49. The number of Topliss-reactive ketones (excluding diaryl/α,β-unsaturated/α-hetero) is 2. The van der Waals surface area contributed by atoms with Crippen LogP contribution < -0.4 is 0 Å². The Balaban J connectivity index is 1.71. The van der Waals surface area contributed by atoms with Crippen LogP contribution in [0.25, 0.3) is 33.3 Å². The van der Waals surface area contributed by atoms with Crippen LogP contribution in [0.4, 0.5) is 0 Å². The van der Waals surface area contributed by atoms with E-state index in [9.17, 15) is 9.59 Å². The summed E-state index contributed by atoms with van der Waals surface area (Å²) in [4.78, 5) is 28.8. The second-order valence-corrected chi connectivity index (χ2v) is 7.75. The number of nitrogens with zero attached hydrogens (tertiary/aromatic N) is 1. The molecule has 3 aromatic carbocycles. The van der Waals surface area contributed by atoms with Crippen molar-refractivity contribution >= 4 is 22.5 Å². The molecule has 0 radical (unpaired) electrons. The van der Waals surface area contributed by atoms with Gasteiger partial charge in [0, 0.05) is 42.2 Å². The molecule has 4 rings (SSSR count). The zero-order chi connectivity index (χ0) is 21.6. The zero-order valence-corrected chi connectivity index (χ0v) is 17.7. The van der Waals surface area contributed by atoms with Gasteiger partial charge in [-0.2, -0.15) is 0 Å². The first-order valence-corrected chi connectivity index (χ1v) is 10.7. The van der Waals surface area contributed by atoms with E-state index in [1.165, 1.54) is 0 Å². The van der Waals surface area contributed by atoms with Gasteiger partial charge in [-0.3, -0.25) is 9.59 Å². The fraction of sp³-hybridized carbons (Fsp3) is 0.179. The largest absolute Gasteiger partial charge is 0.300 e. The molecule has 0 saturated carbocycles. The maximum atomic E-state index is 12.3. The Morgan fingerprint density at radius 2 is 1.39 bits per heavy atom. The van der Waals surface area contributed by atoms with Crippen LogP contribution in [0.2, 0.25) is 0 Å². The van der Waals surface area contributed by atoms with Gasteiger partial charge in [-0.05, 0) is 29.3 Å². The van der Waals surface area contributed by atoms with Gasteiger partial charge in [0.2, 0.25) is 0 Å². The number of carbonyl (C=O) groups is 2. The van der Waals surface area contributed by atoms with Gasteiger partial charge in [0.05, 0.1) is 11.2 Å². The molecule has 0 fully saturated rings. The van der Waals surface area contributed by atoms with Gasteiger partial charge < -0.3 is 0 Å².